The van der Waals surface area contributed by atoms with E-state index in [1.807, 2.05) is 12.2 Å². The highest BCUT2D eigenvalue weighted by atomic mass is 14.1. The Balaban J connectivity index is 3.07. The molecular formula is C14H16. The van der Waals surface area contributed by atoms with Crippen LogP contribution in [0.2, 0.25) is 0 Å². The van der Waals surface area contributed by atoms with Crippen molar-refractivity contribution in [2.75, 3.05) is 0 Å². The molecule has 0 saturated heterocycles. The lowest BCUT2D eigenvalue weighted by molar-refractivity contribution is 1.31. The zero-order valence-electron chi connectivity index (χ0n) is 8.66. The van der Waals surface area contributed by atoms with Gasteiger partial charge in [-0.15, -0.1) is 0 Å². The number of allylic oxidation sites excluding steroid dienone is 10. The van der Waals surface area contributed by atoms with Gasteiger partial charge in [0.05, 0.1) is 0 Å². The molecular weight excluding hydrogens is 168 g/mol. The fourth-order valence-corrected chi connectivity index (χ4v) is 1.47. The zero-order chi connectivity index (χ0) is 10.4. The third-order valence-corrected chi connectivity index (χ3v) is 2.19. The van der Waals surface area contributed by atoms with E-state index < -0.39 is 0 Å². The fourth-order valence-electron chi connectivity index (χ4n) is 1.47. The van der Waals surface area contributed by atoms with E-state index in [4.69, 9.17) is 0 Å². The molecule has 0 fully saturated rings. The standard InChI is InChI=1S/C14H16/c1-4-9-13(5-2)14-11-8-6-7-10-12(14)3/h4-7,9-11H,1-2,8H2,3H3/b13-9+. The topological polar surface area (TPSA) is 0 Å². The molecule has 0 N–H and O–H groups in total. The lowest BCUT2D eigenvalue weighted by Gasteiger charge is -2.07. The summed E-state index contributed by atoms with van der Waals surface area (Å²) in [6, 6.07) is 0. The first kappa shape index (κ1) is 10.5. The van der Waals surface area contributed by atoms with Gasteiger partial charge in [0.2, 0.25) is 0 Å². The molecule has 0 bridgehead atoms. The molecule has 1 aliphatic rings. The summed E-state index contributed by atoms with van der Waals surface area (Å²) in [6.07, 6.45) is 15.2. The Labute approximate surface area is 86.3 Å². The van der Waals surface area contributed by atoms with Crippen molar-refractivity contribution < 1.29 is 0 Å². The summed E-state index contributed by atoms with van der Waals surface area (Å²) in [5.41, 5.74) is 3.66. The van der Waals surface area contributed by atoms with Gasteiger partial charge in [-0.1, -0.05) is 55.7 Å². The molecule has 0 saturated carbocycles. The van der Waals surface area contributed by atoms with Crippen molar-refractivity contribution in [3.63, 3.8) is 0 Å². The van der Waals surface area contributed by atoms with Crippen LogP contribution in [-0.2, 0) is 0 Å². The molecule has 0 nitrogen and oxygen atoms in total. The number of hydrogen-bond acceptors (Lipinski definition) is 0. The predicted molar refractivity (Wildman–Crippen MR) is 64.1 cm³/mol. The smallest absolute Gasteiger partial charge is 0.0157 e. The van der Waals surface area contributed by atoms with E-state index in [1.54, 1.807) is 6.08 Å². The van der Waals surface area contributed by atoms with Crippen LogP contribution >= 0.6 is 0 Å². The van der Waals surface area contributed by atoms with E-state index in [0.29, 0.717) is 0 Å². The Kier molecular flexibility index (Phi) is 3.93. The molecule has 0 amide bonds. The average Bonchev–Trinajstić information content (AvgIpc) is 2.40. The average molecular weight is 184 g/mol. The molecule has 0 heteroatoms. The lowest BCUT2D eigenvalue weighted by atomic mass is 9.98. The van der Waals surface area contributed by atoms with Gasteiger partial charge >= 0.3 is 0 Å². The zero-order valence-corrected chi connectivity index (χ0v) is 8.66. The van der Waals surface area contributed by atoms with Crippen LogP contribution in [-0.4, -0.2) is 0 Å². The maximum Gasteiger partial charge on any atom is -0.0157 e. The van der Waals surface area contributed by atoms with Crippen LogP contribution in [0.1, 0.15) is 13.3 Å². The number of rotatable bonds is 3. The van der Waals surface area contributed by atoms with E-state index in [1.165, 1.54) is 11.1 Å². The first-order valence-electron chi connectivity index (χ1n) is 4.79. The molecule has 0 atom stereocenters. The molecule has 0 aromatic rings. The molecule has 0 aromatic carbocycles. The van der Waals surface area contributed by atoms with Gasteiger partial charge in [0, 0.05) is 0 Å². The first-order valence-corrected chi connectivity index (χ1v) is 4.79. The van der Waals surface area contributed by atoms with Gasteiger partial charge in [-0.2, -0.15) is 0 Å². The van der Waals surface area contributed by atoms with Crippen LogP contribution in [0.4, 0.5) is 0 Å². The Morgan fingerprint density at radius 2 is 2.21 bits per heavy atom. The van der Waals surface area contributed by atoms with Crippen molar-refractivity contribution in [1.82, 2.24) is 0 Å². The third-order valence-electron chi connectivity index (χ3n) is 2.19. The third kappa shape index (κ3) is 2.46. The Morgan fingerprint density at radius 1 is 1.43 bits per heavy atom. The Bertz CT molecular complexity index is 346. The highest BCUT2D eigenvalue weighted by molar-refractivity contribution is 5.53. The van der Waals surface area contributed by atoms with Crippen LogP contribution in [0.3, 0.4) is 0 Å². The summed E-state index contributed by atoms with van der Waals surface area (Å²) < 4.78 is 0. The van der Waals surface area contributed by atoms with Gasteiger partial charge in [-0.3, -0.25) is 0 Å². The second-order valence-electron chi connectivity index (χ2n) is 3.19. The summed E-state index contributed by atoms with van der Waals surface area (Å²) in [5.74, 6) is 0. The predicted octanol–water partition coefficient (Wildman–Crippen LogP) is 4.12. The van der Waals surface area contributed by atoms with Crippen LogP contribution in [0.15, 0.2) is 72.4 Å². The molecule has 0 spiro atoms. The molecule has 1 aliphatic carbocycles. The maximum atomic E-state index is 3.82. The molecule has 0 aliphatic heterocycles. The molecule has 0 radical (unpaired) electrons. The number of hydrogen-bond donors (Lipinski definition) is 0. The van der Waals surface area contributed by atoms with E-state index in [9.17, 15) is 0 Å². The van der Waals surface area contributed by atoms with Gasteiger partial charge in [0.25, 0.3) is 0 Å². The van der Waals surface area contributed by atoms with Crippen molar-refractivity contribution in [2.45, 2.75) is 13.3 Å². The van der Waals surface area contributed by atoms with E-state index >= 15 is 0 Å². The largest absolute Gasteiger partial charge is 0.0990 e. The minimum atomic E-state index is 0.978. The summed E-state index contributed by atoms with van der Waals surface area (Å²) in [5, 5.41) is 0. The first-order chi connectivity index (χ1) is 6.79. The Morgan fingerprint density at radius 3 is 2.86 bits per heavy atom. The van der Waals surface area contributed by atoms with Gasteiger partial charge in [-0.25, -0.2) is 0 Å². The molecule has 0 unspecified atom stereocenters. The van der Waals surface area contributed by atoms with E-state index in [-0.39, 0.29) is 0 Å². The van der Waals surface area contributed by atoms with Crippen LogP contribution < -0.4 is 0 Å². The highest BCUT2D eigenvalue weighted by Gasteiger charge is 2.03. The van der Waals surface area contributed by atoms with Crippen molar-refractivity contribution in [3.8, 4) is 0 Å². The second kappa shape index (κ2) is 5.23. The van der Waals surface area contributed by atoms with Gasteiger partial charge in [-0.05, 0) is 30.1 Å². The fraction of sp³-hybridized carbons (Fsp3) is 0.143. The molecule has 1 rings (SSSR count). The second-order valence-corrected chi connectivity index (χ2v) is 3.19. The van der Waals surface area contributed by atoms with Crippen molar-refractivity contribution in [2.24, 2.45) is 0 Å². The van der Waals surface area contributed by atoms with Crippen LogP contribution in [0.25, 0.3) is 0 Å². The molecule has 72 valence electrons. The molecule has 0 aromatic heterocycles. The highest BCUT2D eigenvalue weighted by Crippen LogP contribution is 2.22. The minimum absolute atomic E-state index is 0.978. The molecule has 14 heavy (non-hydrogen) atoms. The monoisotopic (exact) mass is 184 g/mol. The van der Waals surface area contributed by atoms with E-state index in [2.05, 4.69) is 44.4 Å². The van der Waals surface area contributed by atoms with Crippen molar-refractivity contribution >= 4 is 0 Å². The summed E-state index contributed by atoms with van der Waals surface area (Å²) in [6.45, 7) is 9.63. The SMILES string of the molecule is C=C/C=C(\C=C)C1=CCC=CC=C1C. The minimum Gasteiger partial charge on any atom is -0.0990 e. The van der Waals surface area contributed by atoms with Gasteiger partial charge in [0.1, 0.15) is 0 Å². The summed E-state index contributed by atoms with van der Waals surface area (Å²) in [4.78, 5) is 0. The lowest BCUT2D eigenvalue weighted by Crippen LogP contribution is -1.88. The van der Waals surface area contributed by atoms with Gasteiger partial charge in [0.15, 0.2) is 0 Å². The normalized spacial score (nSPS) is 16.8. The summed E-state index contributed by atoms with van der Waals surface area (Å²) >= 11 is 0. The van der Waals surface area contributed by atoms with Crippen molar-refractivity contribution in [1.29, 1.82) is 0 Å². The maximum absolute atomic E-state index is 3.82. The quantitative estimate of drug-likeness (QED) is 0.579. The Hall–Kier alpha value is -1.56. The van der Waals surface area contributed by atoms with E-state index in [0.717, 1.165) is 12.0 Å². The van der Waals surface area contributed by atoms with Crippen molar-refractivity contribution in [3.05, 3.63) is 72.4 Å². The van der Waals surface area contributed by atoms with Crippen LogP contribution in [0, 0.1) is 0 Å². The van der Waals surface area contributed by atoms with Gasteiger partial charge < -0.3 is 0 Å². The van der Waals surface area contributed by atoms with Crippen LogP contribution in [0.5, 0.6) is 0 Å². The molecule has 0 heterocycles. The summed E-state index contributed by atoms with van der Waals surface area (Å²) in [7, 11) is 0.